The predicted molar refractivity (Wildman–Crippen MR) is 39.0 cm³/mol. The number of unbranched alkanes of at least 4 members (excludes halogenated alkanes) is 1. The molecule has 0 spiro atoms. The zero-order valence-electron chi connectivity index (χ0n) is 5.64. The Bertz CT molecular complexity index is 33.5. The van der Waals surface area contributed by atoms with Crippen LogP contribution in [0.4, 0.5) is 0 Å². The van der Waals surface area contributed by atoms with Gasteiger partial charge in [-0.25, -0.2) is 0 Å². The van der Waals surface area contributed by atoms with Crippen LogP contribution in [0.5, 0.6) is 0 Å². The van der Waals surface area contributed by atoms with Crippen molar-refractivity contribution >= 4 is 12.0 Å². The minimum absolute atomic E-state index is 0.912. The van der Waals surface area contributed by atoms with Crippen LogP contribution in [0.2, 0.25) is 0 Å². The maximum atomic E-state index is 5.14. The van der Waals surface area contributed by atoms with Crippen molar-refractivity contribution in [2.45, 2.75) is 26.7 Å². The van der Waals surface area contributed by atoms with E-state index in [4.69, 9.17) is 4.18 Å². The maximum Gasteiger partial charge on any atom is 0.0613 e. The summed E-state index contributed by atoms with van der Waals surface area (Å²) in [5, 5.41) is 0. The van der Waals surface area contributed by atoms with Crippen LogP contribution in [-0.4, -0.2) is 12.4 Å². The fraction of sp³-hybridized carbons (Fsp3) is 1.00. The standard InChI is InChI=1S/C6H14OS/c1-3-5-6-7-8-4-2/h3-6H2,1-2H3. The molecule has 0 fully saturated rings. The highest BCUT2D eigenvalue weighted by Crippen LogP contribution is 2.01. The van der Waals surface area contributed by atoms with Crippen LogP contribution in [0, 0.1) is 0 Å². The third-order valence-corrected chi connectivity index (χ3v) is 1.35. The van der Waals surface area contributed by atoms with Crippen LogP contribution >= 0.6 is 12.0 Å². The first kappa shape index (κ1) is 8.31. The summed E-state index contributed by atoms with van der Waals surface area (Å²) >= 11 is 1.55. The van der Waals surface area contributed by atoms with Crippen molar-refractivity contribution in [3.8, 4) is 0 Å². The topological polar surface area (TPSA) is 9.23 Å². The Balaban J connectivity index is 2.53. The first-order valence-corrected chi connectivity index (χ1v) is 4.07. The summed E-state index contributed by atoms with van der Waals surface area (Å²) in [6, 6.07) is 0. The zero-order chi connectivity index (χ0) is 6.24. The fourth-order valence-electron chi connectivity index (χ4n) is 0.346. The SMILES string of the molecule is CCCCOSCC. The summed E-state index contributed by atoms with van der Waals surface area (Å²) in [5.74, 6) is 1.06. The molecule has 0 aliphatic rings. The lowest BCUT2D eigenvalue weighted by Gasteiger charge is -1.96. The van der Waals surface area contributed by atoms with E-state index in [0.717, 1.165) is 12.4 Å². The molecule has 0 aromatic rings. The second-order valence-electron chi connectivity index (χ2n) is 1.58. The molecule has 0 saturated carbocycles. The van der Waals surface area contributed by atoms with E-state index >= 15 is 0 Å². The monoisotopic (exact) mass is 134 g/mol. The van der Waals surface area contributed by atoms with Gasteiger partial charge in [0.2, 0.25) is 0 Å². The summed E-state index contributed by atoms with van der Waals surface area (Å²) in [4.78, 5) is 0. The van der Waals surface area contributed by atoms with Gasteiger partial charge >= 0.3 is 0 Å². The van der Waals surface area contributed by atoms with E-state index in [9.17, 15) is 0 Å². The van der Waals surface area contributed by atoms with Crippen molar-refractivity contribution in [2.75, 3.05) is 12.4 Å². The summed E-state index contributed by atoms with van der Waals surface area (Å²) in [5.41, 5.74) is 0. The van der Waals surface area contributed by atoms with E-state index in [2.05, 4.69) is 13.8 Å². The van der Waals surface area contributed by atoms with Gasteiger partial charge in [0.05, 0.1) is 6.61 Å². The van der Waals surface area contributed by atoms with Crippen molar-refractivity contribution < 1.29 is 4.18 Å². The molecule has 2 heteroatoms. The molecule has 0 heterocycles. The highest BCUT2D eigenvalue weighted by Gasteiger charge is 1.82. The van der Waals surface area contributed by atoms with Crippen molar-refractivity contribution in [1.29, 1.82) is 0 Å². The average Bonchev–Trinajstić information content (AvgIpc) is 1.81. The molecule has 0 bridgehead atoms. The molecule has 0 atom stereocenters. The molecule has 0 aromatic carbocycles. The lowest BCUT2D eigenvalue weighted by Crippen LogP contribution is -1.84. The first-order valence-electron chi connectivity index (χ1n) is 3.16. The van der Waals surface area contributed by atoms with Crippen molar-refractivity contribution in [3.63, 3.8) is 0 Å². The Morgan fingerprint density at radius 1 is 1.38 bits per heavy atom. The molecule has 0 saturated heterocycles. The van der Waals surface area contributed by atoms with Gasteiger partial charge in [-0.2, -0.15) is 0 Å². The van der Waals surface area contributed by atoms with Crippen LogP contribution in [0.1, 0.15) is 26.7 Å². The maximum absolute atomic E-state index is 5.14. The average molecular weight is 134 g/mol. The van der Waals surface area contributed by atoms with E-state index < -0.39 is 0 Å². The number of rotatable bonds is 5. The Hall–Kier alpha value is 0.310. The predicted octanol–water partition coefficient (Wildman–Crippen LogP) is 2.47. The van der Waals surface area contributed by atoms with Gasteiger partial charge in [-0.1, -0.05) is 20.3 Å². The molecular formula is C6H14OS. The Morgan fingerprint density at radius 3 is 2.62 bits per heavy atom. The van der Waals surface area contributed by atoms with Gasteiger partial charge in [0.25, 0.3) is 0 Å². The van der Waals surface area contributed by atoms with Crippen LogP contribution < -0.4 is 0 Å². The van der Waals surface area contributed by atoms with E-state index in [-0.39, 0.29) is 0 Å². The summed E-state index contributed by atoms with van der Waals surface area (Å²) in [6.45, 7) is 5.17. The Labute approximate surface area is 56.0 Å². The van der Waals surface area contributed by atoms with Gasteiger partial charge in [0.1, 0.15) is 0 Å². The molecule has 0 amide bonds. The summed E-state index contributed by atoms with van der Waals surface area (Å²) in [7, 11) is 0. The number of hydrogen-bond donors (Lipinski definition) is 0. The van der Waals surface area contributed by atoms with Crippen LogP contribution in [-0.2, 0) is 4.18 Å². The highest BCUT2D eigenvalue weighted by atomic mass is 32.2. The zero-order valence-corrected chi connectivity index (χ0v) is 6.46. The van der Waals surface area contributed by atoms with Gasteiger partial charge < -0.3 is 4.18 Å². The Morgan fingerprint density at radius 2 is 2.12 bits per heavy atom. The van der Waals surface area contributed by atoms with Crippen LogP contribution in [0.15, 0.2) is 0 Å². The minimum atomic E-state index is 0.912. The molecule has 50 valence electrons. The van der Waals surface area contributed by atoms with E-state index in [0.29, 0.717) is 0 Å². The molecule has 0 aliphatic heterocycles. The van der Waals surface area contributed by atoms with Crippen molar-refractivity contribution in [2.24, 2.45) is 0 Å². The fourth-order valence-corrected chi connectivity index (χ4v) is 0.748. The van der Waals surface area contributed by atoms with Gasteiger partial charge in [-0.15, -0.1) is 0 Å². The normalized spacial score (nSPS) is 9.75. The van der Waals surface area contributed by atoms with E-state index in [1.165, 1.54) is 12.8 Å². The lowest BCUT2D eigenvalue weighted by atomic mass is 10.4. The molecule has 0 aliphatic carbocycles. The largest absolute Gasteiger partial charge is 0.315 e. The second kappa shape index (κ2) is 7.31. The molecule has 0 unspecified atom stereocenters. The molecule has 0 radical (unpaired) electrons. The van der Waals surface area contributed by atoms with Crippen molar-refractivity contribution in [1.82, 2.24) is 0 Å². The van der Waals surface area contributed by atoms with Crippen LogP contribution in [0.3, 0.4) is 0 Å². The van der Waals surface area contributed by atoms with Crippen molar-refractivity contribution in [3.05, 3.63) is 0 Å². The Kier molecular flexibility index (Phi) is 7.59. The quantitative estimate of drug-likeness (QED) is 0.422. The molecule has 0 N–H and O–H groups in total. The number of hydrogen-bond acceptors (Lipinski definition) is 2. The van der Waals surface area contributed by atoms with E-state index in [1.807, 2.05) is 0 Å². The molecular weight excluding hydrogens is 120 g/mol. The third kappa shape index (κ3) is 6.31. The summed E-state index contributed by atoms with van der Waals surface area (Å²) < 4.78 is 5.14. The van der Waals surface area contributed by atoms with Crippen LogP contribution in [0.25, 0.3) is 0 Å². The molecule has 1 nitrogen and oxygen atoms in total. The summed E-state index contributed by atoms with van der Waals surface area (Å²) in [6.07, 6.45) is 2.41. The second-order valence-corrected chi connectivity index (χ2v) is 2.63. The molecule has 0 aromatic heterocycles. The lowest BCUT2D eigenvalue weighted by molar-refractivity contribution is 0.363. The van der Waals surface area contributed by atoms with Gasteiger partial charge in [0, 0.05) is 5.75 Å². The van der Waals surface area contributed by atoms with Gasteiger partial charge in [0.15, 0.2) is 0 Å². The first-order chi connectivity index (χ1) is 3.91. The third-order valence-electron chi connectivity index (χ3n) is 0.782. The van der Waals surface area contributed by atoms with Gasteiger partial charge in [-0.05, 0) is 18.5 Å². The van der Waals surface area contributed by atoms with E-state index in [1.54, 1.807) is 12.0 Å². The van der Waals surface area contributed by atoms with Gasteiger partial charge in [-0.3, -0.25) is 0 Å². The molecule has 0 rings (SSSR count). The smallest absolute Gasteiger partial charge is 0.0613 e. The highest BCUT2D eigenvalue weighted by molar-refractivity contribution is 7.94. The minimum Gasteiger partial charge on any atom is -0.315 e. The molecule has 8 heavy (non-hydrogen) atoms.